The van der Waals surface area contributed by atoms with E-state index >= 15 is 0 Å². The van der Waals surface area contributed by atoms with Crippen LogP contribution in [0.25, 0.3) is 11.0 Å². The number of carbonyl (C=O) groups is 1. The average Bonchev–Trinajstić information content (AvgIpc) is 3.21. The van der Waals surface area contributed by atoms with Gasteiger partial charge in [0.25, 0.3) is 0 Å². The second kappa shape index (κ2) is 8.34. The zero-order valence-electron chi connectivity index (χ0n) is 17.9. The molecular weight excluding hydrogens is 376 g/mol. The van der Waals surface area contributed by atoms with Gasteiger partial charge in [-0.15, -0.1) is 0 Å². The van der Waals surface area contributed by atoms with Gasteiger partial charge in [-0.2, -0.15) is 0 Å². The maximum absolute atomic E-state index is 12.6. The third-order valence-corrected chi connectivity index (χ3v) is 5.60. The topological polar surface area (TPSA) is 85.9 Å². The van der Waals surface area contributed by atoms with Crippen LogP contribution in [0.4, 0.5) is 11.5 Å². The molecule has 1 saturated heterocycles. The smallest absolute Gasteiger partial charge is 0.239 e. The molecule has 0 aliphatic carbocycles. The second-order valence-electron chi connectivity index (χ2n) is 8.97. The SMILES string of the molecule is CC(C)(C)c1cccc(NCC(=O)N[C@H]2CCCN(c3ncnc4[nH]ccc34)C2)c1. The van der Waals surface area contributed by atoms with Crippen LogP contribution in [0, 0.1) is 0 Å². The van der Waals surface area contributed by atoms with Gasteiger partial charge in [-0.25, -0.2) is 9.97 Å². The summed E-state index contributed by atoms with van der Waals surface area (Å²) in [6.45, 7) is 8.51. The van der Waals surface area contributed by atoms with Crippen molar-refractivity contribution in [3.63, 3.8) is 0 Å². The zero-order valence-corrected chi connectivity index (χ0v) is 17.9. The molecule has 7 heteroatoms. The number of amides is 1. The standard InChI is InChI=1S/C23H30N6O/c1-23(2,3)16-6-4-7-17(12-16)25-13-20(30)28-18-8-5-11-29(14-18)22-19-9-10-24-21(19)26-15-27-22/h4,6-7,9-10,12,15,18,25H,5,8,11,13-14H2,1-3H3,(H,28,30)(H,24,26,27)/t18-/m0/s1. The summed E-state index contributed by atoms with van der Waals surface area (Å²) >= 11 is 0. The van der Waals surface area contributed by atoms with Crippen LogP contribution in [0.3, 0.4) is 0 Å². The minimum atomic E-state index is 0.0116. The van der Waals surface area contributed by atoms with Crippen molar-refractivity contribution in [2.75, 3.05) is 29.9 Å². The monoisotopic (exact) mass is 406 g/mol. The number of carbonyl (C=O) groups excluding carboxylic acids is 1. The van der Waals surface area contributed by atoms with E-state index in [1.165, 1.54) is 5.56 Å². The van der Waals surface area contributed by atoms with Crippen LogP contribution in [0.15, 0.2) is 42.9 Å². The van der Waals surface area contributed by atoms with Crippen molar-refractivity contribution in [3.05, 3.63) is 48.4 Å². The number of benzene rings is 1. The Kier molecular flexibility index (Phi) is 5.61. The molecule has 0 spiro atoms. The third kappa shape index (κ3) is 4.56. The number of hydrogen-bond acceptors (Lipinski definition) is 5. The predicted octanol–water partition coefficient (Wildman–Crippen LogP) is 3.45. The first-order chi connectivity index (χ1) is 14.4. The highest BCUT2D eigenvalue weighted by atomic mass is 16.2. The number of hydrogen-bond donors (Lipinski definition) is 3. The number of nitrogens with one attached hydrogen (secondary N) is 3. The fourth-order valence-corrected chi connectivity index (χ4v) is 3.95. The highest BCUT2D eigenvalue weighted by Crippen LogP contribution is 2.26. The normalized spacial score (nSPS) is 17.2. The van der Waals surface area contributed by atoms with Gasteiger partial charge in [0.1, 0.15) is 17.8 Å². The lowest BCUT2D eigenvalue weighted by molar-refractivity contribution is -0.120. The van der Waals surface area contributed by atoms with Gasteiger partial charge in [-0.05, 0) is 42.0 Å². The molecule has 1 aliphatic rings. The van der Waals surface area contributed by atoms with E-state index < -0.39 is 0 Å². The maximum atomic E-state index is 12.6. The Hall–Kier alpha value is -3.09. The molecule has 0 saturated carbocycles. The van der Waals surface area contributed by atoms with Crippen molar-refractivity contribution < 1.29 is 4.79 Å². The van der Waals surface area contributed by atoms with E-state index in [1.54, 1.807) is 6.33 Å². The van der Waals surface area contributed by atoms with Crippen LogP contribution < -0.4 is 15.5 Å². The van der Waals surface area contributed by atoms with Gasteiger partial charge in [0.15, 0.2) is 0 Å². The van der Waals surface area contributed by atoms with E-state index in [0.29, 0.717) is 0 Å². The first-order valence-corrected chi connectivity index (χ1v) is 10.6. The van der Waals surface area contributed by atoms with Crippen molar-refractivity contribution in [1.29, 1.82) is 0 Å². The molecule has 1 fully saturated rings. The first kappa shape index (κ1) is 20.2. The van der Waals surface area contributed by atoms with Crippen LogP contribution in [0.5, 0.6) is 0 Å². The van der Waals surface area contributed by atoms with Crippen LogP contribution >= 0.6 is 0 Å². The molecule has 0 unspecified atom stereocenters. The van der Waals surface area contributed by atoms with E-state index in [0.717, 1.165) is 48.5 Å². The summed E-state index contributed by atoms with van der Waals surface area (Å²) < 4.78 is 0. The molecule has 3 heterocycles. The lowest BCUT2D eigenvalue weighted by Gasteiger charge is -2.34. The number of H-pyrrole nitrogens is 1. The number of anilines is 2. The minimum Gasteiger partial charge on any atom is -0.376 e. The van der Waals surface area contributed by atoms with Gasteiger partial charge in [-0.1, -0.05) is 32.9 Å². The Morgan fingerprint density at radius 2 is 2.13 bits per heavy atom. The molecule has 2 aromatic heterocycles. The maximum Gasteiger partial charge on any atom is 0.239 e. The number of nitrogens with zero attached hydrogens (tertiary/aromatic N) is 3. The summed E-state index contributed by atoms with van der Waals surface area (Å²) in [6, 6.07) is 10.4. The molecular formula is C23H30N6O. The Morgan fingerprint density at radius 3 is 2.97 bits per heavy atom. The summed E-state index contributed by atoms with van der Waals surface area (Å²) in [6.07, 6.45) is 5.46. The van der Waals surface area contributed by atoms with E-state index in [9.17, 15) is 4.79 Å². The number of aromatic nitrogens is 3. The minimum absolute atomic E-state index is 0.0116. The summed E-state index contributed by atoms with van der Waals surface area (Å²) in [5.74, 6) is 0.940. The molecule has 7 nitrogen and oxygen atoms in total. The van der Waals surface area contributed by atoms with Crippen molar-refractivity contribution in [2.45, 2.75) is 45.1 Å². The molecule has 1 atom stereocenters. The van der Waals surface area contributed by atoms with Crippen LogP contribution in [-0.2, 0) is 10.2 Å². The van der Waals surface area contributed by atoms with E-state index in [2.05, 4.69) is 63.4 Å². The molecule has 3 aromatic rings. The zero-order chi connectivity index (χ0) is 21.1. The fourth-order valence-electron chi connectivity index (χ4n) is 3.95. The Labute approximate surface area is 177 Å². The average molecular weight is 407 g/mol. The van der Waals surface area contributed by atoms with E-state index in [1.807, 2.05) is 24.4 Å². The lowest BCUT2D eigenvalue weighted by atomic mass is 9.87. The van der Waals surface area contributed by atoms with Gasteiger partial charge in [-0.3, -0.25) is 4.79 Å². The Bertz CT molecular complexity index is 1020. The summed E-state index contributed by atoms with van der Waals surface area (Å²) in [5.41, 5.74) is 3.14. The molecule has 0 bridgehead atoms. The van der Waals surface area contributed by atoms with Crippen molar-refractivity contribution >= 4 is 28.4 Å². The summed E-state index contributed by atoms with van der Waals surface area (Å²) in [4.78, 5) is 26.7. The number of aromatic amines is 1. The molecule has 1 aliphatic heterocycles. The quantitative estimate of drug-likeness (QED) is 0.604. The third-order valence-electron chi connectivity index (χ3n) is 5.60. The van der Waals surface area contributed by atoms with Crippen LogP contribution in [0.1, 0.15) is 39.2 Å². The number of fused-ring (bicyclic) bond motifs is 1. The Morgan fingerprint density at radius 1 is 1.27 bits per heavy atom. The van der Waals surface area contributed by atoms with E-state index in [4.69, 9.17) is 0 Å². The van der Waals surface area contributed by atoms with Crippen LogP contribution in [-0.4, -0.2) is 46.5 Å². The highest BCUT2D eigenvalue weighted by Gasteiger charge is 2.24. The van der Waals surface area contributed by atoms with Gasteiger partial charge in [0, 0.05) is 31.0 Å². The summed E-state index contributed by atoms with van der Waals surface area (Å²) in [7, 11) is 0. The van der Waals surface area contributed by atoms with Gasteiger partial charge in [0.05, 0.1) is 11.9 Å². The van der Waals surface area contributed by atoms with Gasteiger partial charge in [0.2, 0.25) is 5.91 Å². The predicted molar refractivity (Wildman–Crippen MR) is 121 cm³/mol. The van der Waals surface area contributed by atoms with Crippen molar-refractivity contribution in [1.82, 2.24) is 20.3 Å². The highest BCUT2D eigenvalue weighted by molar-refractivity contribution is 5.87. The molecule has 3 N–H and O–H groups in total. The van der Waals surface area contributed by atoms with Gasteiger partial charge < -0.3 is 20.5 Å². The Balaban J connectivity index is 1.34. The second-order valence-corrected chi connectivity index (χ2v) is 8.97. The molecule has 1 aromatic carbocycles. The molecule has 4 rings (SSSR count). The fraction of sp³-hybridized carbons (Fsp3) is 0.435. The van der Waals surface area contributed by atoms with Crippen molar-refractivity contribution in [3.8, 4) is 0 Å². The van der Waals surface area contributed by atoms with Crippen molar-refractivity contribution in [2.24, 2.45) is 0 Å². The lowest BCUT2D eigenvalue weighted by Crippen LogP contribution is -2.49. The largest absolute Gasteiger partial charge is 0.376 e. The van der Waals surface area contributed by atoms with E-state index in [-0.39, 0.29) is 23.9 Å². The number of rotatable bonds is 5. The van der Waals surface area contributed by atoms with Crippen LogP contribution in [0.2, 0.25) is 0 Å². The molecule has 0 radical (unpaired) electrons. The summed E-state index contributed by atoms with van der Waals surface area (Å²) in [5, 5.41) is 7.46. The molecule has 1 amide bonds. The molecule has 30 heavy (non-hydrogen) atoms. The molecule has 158 valence electrons. The number of piperidine rings is 1. The van der Waals surface area contributed by atoms with Gasteiger partial charge >= 0.3 is 0 Å². The first-order valence-electron chi connectivity index (χ1n) is 10.6.